The summed E-state index contributed by atoms with van der Waals surface area (Å²) in [6, 6.07) is 1.41. The number of nitrogens with zero attached hydrogens (tertiary/aromatic N) is 2. The van der Waals surface area contributed by atoms with Crippen molar-refractivity contribution in [2.24, 2.45) is 5.92 Å². The van der Waals surface area contributed by atoms with Crippen molar-refractivity contribution in [3.05, 3.63) is 0 Å². The maximum atomic E-state index is 3.75. The van der Waals surface area contributed by atoms with Gasteiger partial charge in [0.2, 0.25) is 0 Å². The van der Waals surface area contributed by atoms with Crippen LogP contribution in [-0.4, -0.2) is 61.7 Å². The predicted octanol–water partition coefficient (Wildman–Crippen LogP) is 1.79. The van der Waals surface area contributed by atoms with Gasteiger partial charge in [0, 0.05) is 25.2 Å². The second-order valence-corrected chi connectivity index (χ2v) is 6.47. The van der Waals surface area contributed by atoms with Gasteiger partial charge in [0.05, 0.1) is 0 Å². The number of likely N-dealkylation sites (tertiary alicyclic amines) is 1. The molecule has 2 heterocycles. The summed E-state index contributed by atoms with van der Waals surface area (Å²) in [6.07, 6.45) is 5.30. The molecule has 3 unspecified atom stereocenters. The molecule has 3 nitrogen and oxygen atoms in total. The summed E-state index contributed by atoms with van der Waals surface area (Å²) in [5, 5.41) is 3.75. The lowest BCUT2D eigenvalue weighted by Crippen LogP contribution is -2.45. The van der Waals surface area contributed by atoms with E-state index in [-0.39, 0.29) is 0 Å². The minimum absolute atomic E-state index is 0.684. The number of hydrogen-bond donors (Lipinski definition) is 1. The number of nitrogens with one attached hydrogen (secondary N) is 1. The van der Waals surface area contributed by atoms with E-state index in [9.17, 15) is 0 Å². The van der Waals surface area contributed by atoms with Crippen molar-refractivity contribution in [1.82, 2.24) is 15.1 Å². The van der Waals surface area contributed by atoms with Crippen molar-refractivity contribution < 1.29 is 0 Å². The van der Waals surface area contributed by atoms with Gasteiger partial charge in [0.15, 0.2) is 0 Å². The van der Waals surface area contributed by atoms with E-state index in [0.29, 0.717) is 6.04 Å². The van der Waals surface area contributed by atoms with Gasteiger partial charge in [-0.15, -0.1) is 0 Å². The molecule has 0 bridgehead atoms. The smallest absolute Gasteiger partial charge is 0.00790 e. The van der Waals surface area contributed by atoms with Crippen molar-refractivity contribution in [2.45, 2.75) is 51.6 Å². The van der Waals surface area contributed by atoms with E-state index in [4.69, 9.17) is 0 Å². The Kier molecular flexibility index (Phi) is 5.46. The molecule has 0 radical (unpaired) electrons. The molecule has 2 saturated heterocycles. The van der Waals surface area contributed by atoms with Crippen LogP contribution in [0.25, 0.3) is 0 Å². The van der Waals surface area contributed by atoms with Crippen molar-refractivity contribution in [1.29, 1.82) is 0 Å². The van der Waals surface area contributed by atoms with E-state index in [1.165, 1.54) is 58.4 Å². The molecule has 18 heavy (non-hydrogen) atoms. The average molecular weight is 253 g/mol. The minimum atomic E-state index is 0.684. The highest BCUT2D eigenvalue weighted by atomic mass is 15.2. The topological polar surface area (TPSA) is 18.5 Å². The van der Waals surface area contributed by atoms with Crippen LogP contribution in [0.1, 0.15) is 39.5 Å². The van der Waals surface area contributed by atoms with Crippen molar-refractivity contribution in [3.63, 3.8) is 0 Å². The number of hydrogen-bond acceptors (Lipinski definition) is 3. The third-order valence-electron chi connectivity index (χ3n) is 4.69. The summed E-state index contributed by atoms with van der Waals surface area (Å²) < 4.78 is 0. The highest BCUT2D eigenvalue weighted by Gasteiger charge is 2.24. The predicted molar refractivity (Wildman–Crippen MR) is 78.0 cm³/mol. The summed E-state index contributed by atoms with van der Waals surface area (Å²) in [6.45, 7) is 11.2. The Hall–Kier alpha value is -0.120. The molecule has 0 aromatic heterocycles. The molecule has 0 amide bonds. The van der Waals surface area contributed by atoms with Gasteiger partial charge in [-0.05, 0) is 65.2 Å². The van der Waals surface area contributed by atoms with E-state index in [2.05, 4.69) is 36.0 Å². The highest BCUT2D eigenvalue weighted by Crippen LogP contribution is 2.17. The van der Waals surface area contributed by atoms with E-state index in [1.807, 2.05) is 0 Å². The summed E-state index contributed by atoms with van der Waals surface area (Å²) in [5.41, 5.74) is 0. The Labute approximate surface area is 113 Å². The zero-order valence-electron chi connectivity index (χ0n) is 12.5. The van der Waals surface area contributed by atoms with Gasteiger partial charge in [-0.2, -0.15) is 0 Å². The molecule has 3 atom stereocenters. The summed E-state index contributed by atoms with van der Waals surface area (Å²) >= 11 is 0. The van der Waals surface area contributed by atoms with Crippen LogP contribution in [0.3, 0.4) is 0 Å². The Morgan fingerprint density at radius 3 is 2.56 bits per heavy atom. The van der Waals surface area contributed by atoms with Crippen molar-refractivity contribution in [3.8, 4) is 0 Å². The Morgan fingerprint density at radius 2 is 1.89 bits per heavy atom. The molecule has 0 saturated carbocycles. The lowest BCUT2D eigenvalue weighted by molar-refractivity contribution is 0.187. The summed E-state index contributed by atoms with van der Waals surface area (Å²) in [4.78, 5) is 5.21. The van der Waals surface area contributed by atoms with Crippen LogP contribution < -0.4 is 5.32 Å². The molecule has 3 heteroatoms. The maximum Gasteiger partial charge on any atom is 0.00790 e. The van der Waals surface area contributed by atoms with Crippen LogP contribution in [0, 0.1) is 5.92 Å². The second kappa shape index (κ2) is 6.88. The highest BCUT2D eigenvalue weighted by molar-refractivity contribution is 4.80. The first-order valence-electron chi connectivity index (χ1n) is 7.84. The van der Waals surface area contributed by atoms with E-state index >= 15 is 0 Å². The lowest BCUT2D eigenvalue weighted by Gasteiger charge is -2.33. The second-order valence-electron chi connectivity index (χ2n) is 6.47. The van der Waals surface area contributed by atoms with Crippen LogP contribution in [0.4, 0.5) is 0 Å². The lowest BCUT2D eigenvalue weighted by atomic mass is 10.0. The molecule has 0 spiro atoms. The molecule has 2 aliphatic rings. The largest absolute Gasteiger partial charge is 0.311 e. The normalized spacial score (nSPS) is 36.5. The maximum absolute atomic E-state index is 3.75. The van der Waals surface area contributed by atoms with Crippen molar-refractivity contribution >= 4 is 0 Å². The van der Waals surface area contributed by atoms with Gasteiger partial charge < -0.3 is 15.1 Å². The molecule has 0 aromatic carbocycles. The monoisotopic (exact) mass is 253 g/mol. The molecule has 1 N–H and O–H groups in total. The zero-order valence-corrected chi connectivity index (χ0v) is 12.5. The van der Waals surface area contributed by atoms with Crippen LogP contribution in [0.2, 0.25) is 0 Å². The molecule has 2 aliphatic heterocycles. The van der Waals surface area contributed by atoms with Crippen LogP contribution >= 0.6 is 0 Å². The van der Waals surface area contributed by atoms with Crippen LogP contribution in [0.15, 0.2) is 0 Å². The van der Waals surface area contributed by atoms with Gasteiger partial charge in [-0.25, -0.2) is 0 Å². The van der Waals surface area contributed by atoms with E-state index in [1.54, 1.807) is 0 Å². The fraction of sp³-hybridized carbons (Fsp3) is 1.00. The molecule has 2 fully saturated rings. The zero-order chi connectivity index (χ0) is 13.0. The summed E-state index contributed by atoms with van der Waals surface area (Å²) in [5.74, 6) is 0.915. The fourth-order valence-electron chi connectivity index (χ4n) is 3.44. The molecular weight excluding hydrogens is 222 g/mol. The standard InChI is InChI=1S/C15H31N3/c1-4-15-7-10-18(9-5-13(2)16-15)12-14-6-8-17(3)11-14/h13-16H,4-12H2,1-3H3. The Bertz CT molecular complexity index is 244. The minimum Gasteiger partial charge on any atom is -0.311 e. The number of rotatable bonds is 3. The molecule has 0 aromatic rings. The quantitative estimate of drug-likeness (QED) is 0.827. The van der Waals surface area contributed by atoms with Crippen LogP contribution in [-0.2, 0) is 0 Å². The fourth-order valence-corrected chi connectivity index (χ4v) is 3.44. The Morgan fingerprint density at radius 1 is 1.11 bits per heavy atom. The first-order valence-corrected chi connectivity index (χ1v) is 7.84. The van der Waals surface area contributed by atoms with Gasteiger partial charge >= 0.3 is 0 Å². The van der Waals surface area contributed by atoms with Gasteiger partial charge in [-0.1, -0.05) is 6.92 Å². The third kappa shape index (κ3) is 4.22. The SMILES string of the molecule is CCC1CCN(CC2CCN(C)C2)CCC(C)N1. The van der Waals surface area contributed by atoms with Crippen LogP contribution in [0.5, 0.6) is 0 Å². The first-order chi connectivity index (χ1) is 8.67. The molecular formula is C15H31N3. The van der Waals surface area contributed by atoms with E-state index < -0.39 is 0 Å². The third-order valence-corrected chi connectivity index (χ3v) is 4.69. The summed E-state index contributed by atoms with van der Waals surface area (Å²) in [7, 11) is 2.26. The molecule has 106 valence electrons. The van der Waals surface area contributed by atoms with Gasteiger partial charge in [-0.3, -0.25) is 0 Å². The van der Waals surface area contributed by atoms with Crippen molar-refractivity contribution in [2.75, 3.05) is 39.8 Å². The molecule has 2 rings (SSSR count). The van der Waals surface area contributed by atoms with Gasteiger partial charge in [0.25, 0.3) is 0 Å². The Balaban J connectivity index is 1.80. The molecule has 0 aliphatic carbocycles. The first kappa shape index (κ1) is 14.3. The van der Waals surface area contributed by atoms with E-state index in [0.717, 1.165) is 12.0 Å². The average Bonchev–Trinajstić information content (AvgIpc) is 2.74. The van der Waals surface area contributed by atoms with Gasteiger partial charge in [0.1, 0.15) is 0 Å².